The molecule has 0 amide bonds. The smallest absolute Gasteiger partial charge is 0.144 e. The van der Waals surface area contributed by atoms with Crippen molar-refractivity contribution in [2.24, 2.45) is 0 Å². The average Bonchev–Trinajstić information content (AvgIpc) is 2.85. The highest BCUT2D eigenvalue weighted by atomic mass is 79.9. The Bertz CT molecular complexity index is 325. The van der Waals surface area contributed by atoms with Crippen LogP contribution in [-0.2, 0) is 0 Å². The molecule has 1 heterocycles. The molecule has 0 spiro atoms. The Kier molecular flexibility index (Phi) is 11.4. The van der Waals surface area contributed by atoms with E-state index in [1.54, 1.807) is 11.3 Å². The molecule has 0 aliphatic rings. The van der Waals surface area contributed by atoms with Crippen LogP contribution >= 0.6 is 27.3 Å². The first kappa shape index (κ1) is 18.0. The Balaban J connectivity index is 1.78. The van der Waals surface area contributed by atoms with Gasteiger partial charge in [-0.3, -0.25) is 0 Å². The number of hydrogen-bond acceptors (Lipinski definition) is 2. The van der Waals surface area contributed by atoms with Gasteiger partial charge in [-0.15, -0.1) is 11.3 Å². The van der Waals surface area contributed by atoms with E-state index < -0.39 is 0 Å². The molecule has 3 heteroatoms. The quantitative estimate of drug-likeness (QED) is 0.338. The molecule has 0 aliphatic heterocycles. The number of unbranched alkanes of at least 4 members (excludes halogenated alkanes) is 10. The fourth-order valence-electron chi connectivity index (χ4n) is 2.33. The van der Waals surface area contributed by atoms with Crippen LogP contribution in [0.25, 0.3) is 0 Å². The van der Waals surface area contributed by atoms with Crippen molar-refractivity contribution in [2.45, 2.75) is 77.6 Å². The Morgan fingerprint density at radius 1 is 0.900 bits per heavy atom. The number of hydrogen-bond donors (Lipinski definition) is 0. The summed E-state index contributed by atoms with van der Waals surface area (Å²) < 4.78 is 6.83. The second-order valence-electron chi connectivity index (χ2n) is 5.44. The lowest BCUT2D eigenvalue weighted by Crippen LogP contribution is -1.96. The molecule has 0 N–H and O–H groups in total. The number of halogens is 1. The standard InChI is InChI=1S/C17H29BrOS/c1-2-3-4-5-6-7-8-9-10-11-12-14-19-16-13-15-20-17(16)18/h13,15H,2-12,14H2,1H3. The SMILES string of the molecule is CCCCCCCCCCCCCOc1ccsc1Br. The number of rotatable bonds is 13. The molecule has 0 atom stereocenters. The fourth-order valence-corrected chi connectivity index (χ4v) is 3.46. The van der Waals surface area contributed by atoms with Crippen LogP contribution < -0.4 is 4.74 Å². The Morgan fingerprint density at radius 3 is 1.95 bits per heavy atom. The first-order chi connectivity index (χ1) is 9.84. The van der Waals surface area contributed by atoms with Crippen molar-refractivity contribution in [3.8, 4) is 5.75 Å². The van der Waals surface area contributed by atoms with Crippen LogP contribution in [0, 0.1) is 0 Å². The van der Waals surface area contributed by atoms with Gasteiger partial charge in [-0.2, -0.15) is 0 Å². The highest BCUT2D eigenvalue weighted by molar-refractivity contribution is 9.11. The molecule has 1 aromatic rings. The van der Waals surface area contributed by atoms with Gasteiger partial charge >= 0.3 is 0 Å². The molecular weight excluding hydrogens is 332 g/mol. The second-order valence-corrected chi connectivity index (χ2v) is 7.68. The van der Waals surface area contributed by atoms with Gasteiger partial charge in [-0.1, -0.05) is 71.1 Å². The van der Waals surface area contributed by atoms with Gasteiger partial charge in [0.25, 0.3) is 0 Å². The van der Waals surface area contributed by atoms with Gasteiger partial charge in [0.2, 0.25) is 0 Å². The predicted molar refractivity (Wildman–Crippen MR) is 94.0 cm³/mol. The maximum atomic E-state index is 5.72. The first-order valence-corrected chi connectivity index (χ1v) is 9.87. The maximum Gasteiger partial charge on any atom is 0.144 e. The summed E-state index contributed by atoms with van der Waals surface area (Å²) in [7, 11) is 0. The van der Waals surface area contributed by atoms with E-state index in [2.05, 4.69) is 28.2 Å². The van der Waals surface area contributed by atoms with Crippen molar-refractivity contribution in [3.05, 3.63) is 15.2 Å². The van der Waals surface area contributed by atoms with Crippen molar-refractivity contribution in [3.63, 3.8) is 0 Å². The summed E-state index contributed by atoms with van der Waals surface area (Å²) in [6.07, 6.45) is 15.2. The zero-order valence-electron chi connectivity index (χ0n) is 12.8. The van der Waals surface area contributed by atoms with E-state index in [-0.39, 0.29) is 0 Å². The minimum Gasteiger partial charge on any atom is -0.492 e. The summed E-state index contributed by atoms with van der Waals surface area (Å²) in [4.78, 5) is 0. The van der Waals surface area contributed by atoms with Gasteiger partial charge in [0, 0.05) is 0 Å². The van der Waals surface area contributed by atoms with Gasteiger partial charge < -0.3 is 4.74 Å². The van der Waals surface area contributed by atoms with Crippen molar-refractivity contribution < 1.29 is 4.74 Å². The highest BCUT2D eigenvalue weighted by Gasteiger charge is 2.00. The van der Waals surface area contributed by atoms with Gasteiger partial charge in [-0.05, 0) is 33.8 Å². The second kappa shape index (κ2) is 12.7. The zero-order valence-corrected chi connectivity index (χ0v) is 15.2. The zero-order chi connectivity index (χ0) is 14.5. The van der Waals surface area contributed by atoms with E-state index in [1.165, 1.54) is 70.6 Å². The van der Waals surface area contributed by atoms with E-state index in [0.717, 1.165) is 16.1 Å². The molecule has 0 aliphatic carbocycles. The molecule has 1 nitrogen and oxygen atoms in total. The van der Waals surface area contributed by atoms with Crippen LogP contribution in [0.15, 0.2) is 15.2 Å². The van der Waals surface area contributed by atoms with Crippen molar-refractivity contribution in [1.29, 1.82) is 0 Å². The number of thiophene rings is 1. The summed E-state index contributed by atoms with van der Waals surface area (Å²) >= 11 is 5.17. The number of ether oxygens (including phenoxy) is 1. The molecule has 1 aromatic heterocycles. The van der Waals surface area contributed by atoms with Crippen LogP contribution in [-0.4, -0.2) is 6.61 Å². The topological polar surface area (TPSA) is 9.23 Å². The van der Waals surface area contributed by atoms with Crippen LogP contribution in [0.5, 0.6) is 5.75 Å². The van der Waals surface area contributed by atoms with Crippen molar-refractivity contribution in [1.82, 2.24) is 0 Å². The normalized spacial score (nSPS) is 10.9. The fraction of sp³-hybridized carbons (Fsp3) is 0.765. The van der Waals surface area contributed by atoms with E-state index in [0.29, 0.717) is 0 Å². The van der Waals surface area contributed by atoms with E-state index >= 15 is 0 Å². The van der Waals surface area contributed by atoms with Crippen molar-refractivity contribution in [2.75, 3.05) is 6.61 Å². The Labute approximate surface area is 137 Å². The van der Waals surface area contributed by atoms with E-state index in [1.807, 2.05) is 6.07 Å². The van der Waals surface area contributed by atoms with E-state index in [4.69, 9.17) is 4.74 Å². The molecule has 0 bridgehead atoms. The summed E-state index contributed by atoms with van der Waals surface area (Å²) in [5.74, 6) is 1.00. The van der Waals surface area contributed by atoms with Crippen LogP contribution in [0.2, 0.25) is 0 Å². The third-order valence-electron chi connectivity index (χ3n) is 3.59. The molecule has 0 saturated carbocycles. The Hall–Kier alpha value is -0.0200. The predicted octanol–water partition coefficient (Wildman–Crippen LogP) is 7.20. The lowest BCUT2D eigenvalue weighted by molar-refractivity contribution is 0.304. The summed E-state index contributed by atoms with van der Waals surface area (Å²) in [5, 5.41) is 2.06. The molecule has 0 radical (unpaired) electrons. The molecule has 1 rings (SSSR count). The van der Waals surface area contributed by atoms with Gasteiger partial charge in [0.05, 0.1) is 6.61 Å². The largest absolute Gasteiger partial charge is 0.492 e. The van der Waals surface area contributed by atoms with Gasteiger partial charge in [-0.25, -0.2) is 0 Å². The molecule has 0 unspecified atom stereocenters. The molecule has 0 aromatic carbocycles. The van der Waals surface area contributed by atoms with Crippen LogP contribution in [0.4, 0.5) is 0 Å². The maximum absolute atomic E-state index is 5.72. The third kappa shape index (κ3) is 9.02. The van der Waals surface area contributed by atoms with Crippen molar-refractivity contribution >= 4 is 27.3 Å². The molecule has 0 saturated heterocycles. The summed E-state index contributed by atoms with van der Waals surface area (Å²) in [6.45, 7) is 3.13. The van der Waals surface area contributed by atoms with E-state index in [9.17, 15) is 0 Å². The third-order valence-corrected chi connectivity index (χ3v) is 5.22. The monoisotopic (exact) mass is 360 g/mol. The average molecular weight is 361 g/mol. The first-order valence-electron chi connectivity index (χ1n) is 8.20. The lowest BCUT2D eigenvalue weighted by Gasteiger charge is -2.05. The minimum absolute atomic E-state index is 0.854. The molecule has 0 fully saturated rings. The summed E-state index contributed by atoms with van der Waals surface area (Å²) in [6, 6.07) is 2.04. The lowest BCUT2D eigenvalue weighted by atomic mass is 10.1. The van der Waals surface area contributed by atoms with Gasteiger partial charge in [0.15, 0.2) is 0 Å². The van der Waals surface area contributed by atoms with Crippen LogP contribution in [0.3, 0.4) is 0 Å². The molecular formula is C17H29BrOS. The summed E-state index contributed by atoms with van der Waals surface area (Å²) in [5.41, 5.74) is 0. The van der Waals surface area contributed by atoms with Gasteiger partial charge in [0.1, 0.15) is 9.54 Å². The molecule has 116 valence electrons. The Morgan fingerprint density at radius 2 is 1.45 bits per heavy atom. The highest BCUT2D eigenvalue weighted by Crippen LogP contribution is 2.30. The molecule has 20 heavy (non-hydrogen) atoms. The van der Waals surface area contributed by atoms with Crippen LogP contribution in [0.1, 0.15) is 77.6 Å². The minimum atomic E-state index is 0.854.